The lowest BCUT2D eigenvalue weighted by Crippen LogP contribution is -2.43. The number of anilines is 1. The Hall–Kier alpha value is -3.62. The molecule has 1 aliphatic carbocycles. The summed E-state index contributed by atoms with van der Waals surface area (Å²) >= 11 is 7.87. The summed E-state index contributed by atoms with van der Waals surface area (Å²) in [6, 6.07) is 23.4. The molecule has 0 saturated heterocycles. The average Bonchev–Trinajstić information content (AvgIpc) is 3.67. The number of hydrogen-bond donors (Lipinski definition) is 1. The molecule has 1 fully saturated rings. The molecule has 0 radical (unpaired) electrons. The van der Waals surface area contributed by atoms with E-state index in [0.29, 0.717) is 22.2 Å². The van der Waals surface area contributed by atoms with Crippen molar-refractivity contribution in [2.45, 2.75) is 24.1 Å². The standard InChI is InChI=1S/C29H24ClFN4O2S/c30-20-8-4-7-19(15-20)28-26-27(18-5-2-1-3-6-18)33-35(23-13-9-21(31)10-14-23)29(26)34(25(37)17-38-28)16-24(36)32-22-11-12-22/h1-10,13-15,22,28H,11-12,16-17H2,(H,32,36)/t28-/m1/s1. The zero-order valence-corrected chi connectivity index (χ0v) is 21.9. The van der Waals surface area contributed by atoms with Crippen molar-refractivity contribution in [3.05, 3.63) is 101 Å². The van der Waals surface area contributed by atoms with Crippen LogP contribution >= 0.6 is 23.4 Å². The molecular weight excluding hydrogens is 523 g/mol. The highest BCUT2D eigenvalue weighted by atomic mass is 35.5. The van der Waals surface area contributed by atoms with Gasteiger partial charge >= 0.3 is 0 Å². The van der Waals surface area contributed by atoms with Crippen LogP contribution in [-0.2, 0) is 9.59 Å². The molecule has 9 heteroatoms. The summed E-state index contributed by atoms with van der Waals surface area (Å²) < 4.78 is 15.5. The van der Waals surface area contributed by atoms with Gasteiger partial charge in [0.15, 0.2) is 0 Å². The molecule has 1 saturated carbocycles. The third-order valence-corrected chi connectivity index (χ3v) is 8.09. The Balaban J connectivity index is 1.60. The first-order valence-corrected chi connectivity index (χ1v) is 13.8. The molecule has 1 N–H and O–H groups in total. The van der Waals surface area contributed by atoms with E-state index in [4.69, 9.17) is 16.7 Å². The van der Waals surface area contributed by atoms with Crippen LogP contribution in [0.25, 0.3) is 16.9 Å². The van der Waals surface area contributed by atoms with Crippen LogP contribution in [0.4, 0.5) is 10.2 Å². The predicted molar refractivity (Wildman–Crippen MR) is 148 cm³/mol. The highest BCUT2D eigenvalue weighted by molar-refractivity contribution is 8.00. The predicted octanol–water partition coefficient (Wildman–Crippen LogP) is 5.78. The SMILES string of the molecule is O=C(CN1C(=O)CS[C@H](c2cccc(Cl)c2)c2c(-c3ccccc3)nn(-c3ccc(F)cc3)c21)NC1CC1. The first-order chi connectivity index (χ1) is 18.5. The number of carbonyl (C=O) groups is 2. The van der Waals surface area contributed by atoms with E-state index < -0.39 is 0 Å². The molecular formula is C29H24ClFN4O2S. The molecule has 6 nitrogen and oxygen atoms in total. The second kappa shape index (κ2) is 10.3. The molecule has 0 bridgehead atoms. The first kappa shape index (κ1) is 24.7. The van der Waals surface area contributed by atoms with Gasteiger partial charge in [-0.25, -0.2) is 9.07 Å². The van der Waals surface area contributed by atoms with Gasteiger partial charge < -0.3 is 5.32 Å². The van der Waals surface area contributed by atoms with Gasteiger partial charge in [-0.3, -0.25) is 14.5 Å². The molecule has 0 unspecified atom stereocenters. The van der Waals surface area contributed by atoms with Crippen LogP contribution in [0.3, 0.4) is 0 Å². The van der Waals surface area contributed by atoms with Crippen LogP contribution in [0.1, 0.15) is 29.2 Å². The molecule has 6 rings (SSSR count). The summed E-state index contributed by atoms with van der Waals surface area (Å²) in [6.45, 7) is -0.133. The lowest BCUT2D eigenvalue weighted by atomic mass is 9.99. The number of amides is 2. The van der Waals surface area contributed by atoms with Gasteiger partial charge in [0.2, 0.25) is 11.8 Å². The Morgan fingerprint density at radius 2 is 1.82 bits per heavy atom. The van der Waals surface area contributed by atoms with Gasteiger partial charge in [0, 0.05) is 22.2 Å². The van der Waals surface area contributed by atoms with Crippen molar-refractivity contribution in [2.24, 2.45) is 0 Å². The minimum absolute atomic E-state index is 0.133. The van der Waals surface area contributed by atoms with E-state index in [1.165, 1.54) is 28.8 Å². The Morgan fingerprint density at radius 1 is 1.05 bits per heavy atom. The number of hydrogen-bond acceptors (Lipinski definition) is 4. The topological polar surface area (TPSA) is 67.2 Å². The van der Waals surface area contributed by atoms with Crippen molar-refractivity contribution in [2.75, 3.05) is 17.2 Å². The maximum atomic E-state index is 13.9. The Bertz CT molecular complexity index is 1510. The quantitative estimate of drug-likeness (QED) is 0.333. The highest BCUT2D eigenvalue weighted by Crippen LogP contribution is 2.48. The maximum Gasteiger partial charge on any atom is 0.240 e. The zero-order valence-electron chi connectivity index (χ0n) is 20.3. The smallest absolute Gasteiger partial charge is 0.240 e. The number of halogens is 2. The van der Waals surface area contributed by atoms with Crippen molar-refractivity contribution >= 4 is 41.0 Å². The number of aromatic nitrogens is 2. The van der Waals surface area contributed by atoms with E-state index in [1.54, 1.807) is 16.8 Å². The summed E-state index contributed by atoms with van der Waals surface area (Å²) in [5.41, 5.74) is 3.87. The average molecular weight is 547 g/mol. The molecule has 2 heterocycles. The maximum absolute atomic E-state index is 13.9. The van der Waals surface area contributed by atoms with Crippen LogP contribution in [0.15, 0.2) is 78.9 Å². The van der Waals surface area contributed by atoms with Crippen LogP contribution in [0.2, 0.25) is 5.02 Å². The van der Waals surface area contributed by atoms with E-state index in [-0.39, 0.29) is 41.2 Å². The number of fused-ring (bicyclic) bond motifs is 1. The second-order valence-electron chi connectivity index (χ2n) is 9.41. The second-order valence-corrected chi connectivity index (χ2v) is 10.9. The van der Waals surface area contributed by atoms with Gasteiger partial charge in [-0.15, -0.1) is 11.8 Å². The molecule has 38 heavy (non-hydrogen) atoms. The summed E-state index contributed by atoms with van der Waals surface area (Å²) in [5, 5.41) is 8.29. The Labute approximate surface area is 228 Å². The number of carbonyl (C=O) groups excluding carboxylic acids is 2. The van der Waals surface area contributed by atoms with Gasteiger partial charge in [0.25, 0.3) is 0 Å². The number of nitrogens with zero attached hydrogens (tertiary/aromatic N) is 3. The summed E-state index contributed by atoms with van der Waals surface area (Å²) in [5.74, 6) is -0.123. The zero-order chi connectivity index (χ0) is 26.2. The lowest BCUT2D eigenvalue weighted by Gasteiger charge is -2.23. The fourth-order valence-corrected chi connectivity index (χ4v) is 6.05. The third kappa shape index (κ3) is 4.93. The fourth-order valence-electron chi connectivity index (χ4n) is 4.67. The van der Waals surface area contributed by atoms with Crippen LogP contribution in [0, 0.1) is 5.82 Å². The van der Waals surface area contributed by atoms with Crippen LogP contribution in [0.5, 0.6) is 0 Å². The summed E-state index contributed by atoms with van der Waals surface area (Å²) in [6.07, 6.45) is 1.90. The number of nitrogens with one attached hydrogen (secondary N) is 1. The van der Waals surface area contributed by atoms with Crippen molar-refractivity contribution < 1.29 is 14.0 Å². The van der Waals surface area contributed by atoms with E-state index in [2.05, 4.69) is 5.32 Å². The molecule has 0 spiro atoms. The molecule has 1 atom stereocenters. The van der Waals surface area contributed by atoms with Gasteiger partial charge in [-0.05, 0) is 54.8 Å². The number of thioether (sulfide) groups is 1. The molecule has 2 aliphatic rings. The normalized spacial score (nSPS) is 17.2. The molecule has 192 valence electrons. The van der Waals surface area contributed by atoms with Crippen LogP contribution in [-0.4, -0.2) is 39.9 Å². The van der Waals surface area contributed by atoms with Crippen LogP contribution < -0.4 is 10.2 Å². The monoisotopic (exact) mass is 546 g/mol. The summed E-state index contributed by atoms with van der Waals surface area (Å²) in [7, 11) is 0. The minimum Gasteiger partial charge on any atom is -0.352 e. The van der Waals surface area contributed by atoms with Gasteiger partial charge in [0.05, 0.1) is 22.4 Å². The Kier molecular flexibility index (Phi) is 6.68. The molecule has 4 aromatic rings. The van der Waals surface area contributed by atoms with E-state index in [9.17, 15) is 14.0 Å². The first-order valence-electron chi connectivity index (χ1n) is 12.4. The largest absolute Gasteiger partial charge is 0.352 e. The third-order valence-electron chi connectivity index (χ3n) is 6.60. The number of rotatable bonds is 6. The highest BCUT2D eigenvalue weighted by Gasteiger charge is 2.38. The van der Waals surface area contributed by atoms with E-state index >= 15 is 0 Å². The van der Waals surface area contributed by atoms with Crippen molar-refractivity contribution in [3.8, 4) is 16.9 Å². The van der Waals surface area contributed by atoms with Gasteiger partial charge in [-0.2, -0.15) is 5.10 Å². The Morgan fingerprint density at radius 3 is 2.53 bits per heavy atom. The van der Waals surface area contributed by atoms with Gasteiger partial charge in [0.1, 0.15) is 18.2 Å². The van der Waals surface area contributed by atoms with Crippen molar-refractivity contribution in [3.63, 3.8) is 0 Å². The minimum atomic E-state index is -0.376. The molecule has 2 amide bonds. The fraction of sp³-hybridized carbons (Fsp3) is 0.207. The molecule has 3 aromatic carbocycles. The van der Waals surface area contributed by atoms with Crippen molar-refractivity contribution in [1.29, 1.82) is 0 Å². The number of benzene rings is 3. The molecule has 1 aromatic heterocycles. The van der Waals surface area contributed by atoms with Gasteiger partial charge in [-0.1, -0.05) is 54.1 Å². The van der Waals surface area contributed by atoms with E-state index in [0.717, 1.165) is 29.5 Å². The lowest BCUT2D eigenvalue weighted by molar-refractivity contribution is -0.123. The molecule has 1 aliphatic heterocycles. The van der Waals surface area contributed by atoms with Crippen molar-refractivity contribution in [1.82, 2.24) is 15.1 Å². The van der Waals surface area contributed by atoms with E-state index in [1.807, 2.05) is 54.6 Å². The summed E-state index contributed by atoms with van der Waals surface area (Å²) in [4.78, 5) is 28.1.